The molecule has 0 unspecified atom stereocenters. The molecule has 3 aliphatic rings. The zero-order chi connectivity index (χ0) is 19.3. The Kier molecular flexibility index (Phi) is 3.91. The molecule has 5 rings (SSSR count). The van der Waals surface area contributed by atoms with E-state index in [1.165, 1.54) is 0 Å². The van der Waals surface area contributed by atoms with Gasteiger partial charge in [0.05, 0.1) is 13.0 Å². The highest BCUT2D eigenvalue weighted by Crippen LogP contribution is 2.55. The van der Waals surface area contributed by atoms with Gasteiger partial charge in [0.15, 0.2) is 0 Å². The number of hydrogen-bond donors (Lipinski definition) is 2. The average molecular weight is 377 g/mol. The Morgan fingerprint density at radius 2 is 2.11 bits per heavy atom. The predicted octanol–water partition coefficient (Wildman–Crippen LogP) is 2.97. The minimum Gasteiger partial charge on any atom is -0.497 e. The zero-order valence-electron chi connectivity index (χ0n) is 15.8. The van der Waals surface area contributed by atoms with Crippen molar-refractivity contribution < 1.29 is 14.3 Å². The molecule has 0 aliphatic carbocycles. The molecule has 1 spiro atoms. The van der Waals surface area contributed by atoms with Crippen molar-refractivity contribution in [2.24, 2.45) is 5.92 Å². The van der Waals surface area contributed by atoms with Gasteiger partial charge >= 0.3 is 0 Å². The Balaban J connectivity index is 1.55. The molecule has 2 N–H and O–H groups in total. The van der Waals surface area contributed by atoms with Crippen LogP contribution < -0.4 is 15.4 Å². The summed E-state index contributed by atoms with van der Waals surface area (Å²) in [6, 6.07) is 15.3. The molecule has 2 saturated heterocycles. The van der Waals surface area contributed by atoms with Crippen molar-refractivity contribution in [3.63, 3.8) is 0 Å². The highest BCUT2D eigenvalue weighted by Gasteiger charge is 2.65. The molecule has 0 aromatic heterocycles. The molecule has 28 heavy (non-hydrogen) atoms. The van der Waals surface area contributed by atoms with E-state index < -0.39 is 11.5 Å². The molecule has 3 aliphatic heterocycles. The molecule has 6 nitrogen and oxygen atoms in total. The number of nitrogens with one attached hydrogen (secondary N) is 2. The number of rotatable bonds is 3. The van der Waals surface area contributed by atoms with E-state index in [-0.39, 0.29) is 17.9 Å². The lowest BCUT2D eigenvalue weighted by atomic mass is 9.78. The standard InChI is InChI=1S/C22H23N3O3/c1-28-16-8-4-6-14(12-16)23-20(26)18-13-15-7-5-11-25(15)22(18)17-9-2-3-10-19(17)24-21(22)27/h2-4,6,8-10,12,15,18H,5,7,11,13H2,1H3,(H,23,26)(H,24,27)/t15-,18-,22-/m1/s1. The molecular weight excluding hydrogens is 354 g/mol. The molecule has 2 amide bonds. The topological polar surface area (TPSA) is 70.7 Å². The number of anilines is 2. The van der Waals surface area contributed by atoms with Crippen molar-refractivity contribution in [1.82, 2.24) is 4.90 Å². The number of para-hydroxylation sites is 1. The van der Waals surface area contributed by atoms with Crippen LogP contribution in [0.1, 0.15) is 24.8 Å². The van der Waals surface area contributed by atoms with E-state index >= 15 is 0 Å². The number of carbonyl (C=O) groups is 2. The Morgan fingerprint density at radius 3 is 2.96 bits per heavy atom. The van der Waals surface area contributed by atoms with Crippen LogP contribution in [-0.2, 0) is 15.1 Å². The molecule has 2 aromatic carbocycles. The largest absolute Gasteiger partial charge is 0.497 e. The molecule has 3 heterocycles. The second kappa shape index (κ2) is 6.34. The molecule has 0 bridgehead atoms. The lowest BCUT2D eigenvalue weighted by Gasteiger charge is -2.36. The lowest BCUT2D eigenvalue weighted by Crippen LogP contribution is -2.53. The number of amides is 2. The van der Waals surface area contributed by atoms with Crippen LogP contribution in [0.15, 0.2) is 48.5 Å². The Bertz CT molecular complexity index is 960. The fraction of sp³-hybridized carbons (Fsp3) is 0.364. The first-order chi connectivity index (χ1) is 13.6. The maximum absolute atomic E-state index is 13.4. The van der Waals surface area contributed by atoms with E-state index in [0.29, 0.717) is 17.9 Å². The minimum absolute atomic E-state index is 0.0797. The number of nitrogens with zero attached hydrogens (tertiary/aromatic N) is 1. The van der Waals surface area contributed by atoms with Crippen molar-refractivity contribution in [3.8, 4) is 5.75 Å². The number of methoxy groups -OCH3 is 1. The molecule has 0 radical (unpaired) electrons. The van der Waals surface area contributed by atoms with Gasteiger partial charge in [-0.2, -0.15) is 0 Å². The summed E-state index contributed by atoms with van der Waals surface area (Å²) in [4.78, 5) is 29.0. The third-order valence-corrected chi connectivity index (χ3v) is 6.43. The maximum Gasteiger partial charge on any atom is 0.250 e. The predicted molar refractivity (Wildman–Crippen MR) is 106 cm³/mol. The Hall–Kier alpha value is -2.86. The van der Waals surface area contributed by atoms with Crippen molar-refractivity contribution in [2.45, 2.75) is 30.8 Å². The van der Waals surface area contributed by atoms with Gasteiger partial charge in [0.25, 0.3) is 0 Å². The van der Waals surface area contributed by atoms with Gasteiger partial charge < -0.3 is 15.4 Å². The summed E-state index contributed by atoms with van der Waals surface area (Å²) in [6.45, 7) is 0.843. The quantitative estimate of drug-likeness (QED) is 0.863. The van der Waals surface area contributed by atoms with Crippen molar-refractivity contribution in [3.05, 3.63) is 54.1 Å². The van der Waals surface area contributed by atoms with Gasteiger partial charge in [0.1, 0.15) is 11.3 Å². The highest BCUT2D eigenvalue weighted by molar-refractivity contribution is 6.10. The number of ether oxygens (including phenoxy) is 1. The molecular formula is C22H23N3O3. The SMILES string of the molecule is COc1cccc(NC(=O)[C@H]2C[C@H]3CCCN3[C@@]23C(=O)Nc2ccccc23)c1. The Morgan fingerprint density at radius 1 is 1.25 bits per heavy atom. The summed E-state index contributed by atoms with van der Waals surface area (Å²) in [7, 11) is 1.60. The van der Waals surface area contributed by atoms with Crippen LogP contribution in [0.2, 0.25) is 0 Å². The first-order valence-corrected chi connectivity index (χ1v) is 9.77. The van der Waals surface area contributed by atoms with Gasteiger partial charge in [-0.05, 0) is 44.0 Å². The van der Waals surface area contributed by atoms with Gasteiger partial charge in [0, 0.05) is 29.0 Å². The molecule has 0 saturated carbocycles. The van der Waals surface area contributed by atoms with Crippen LogP contribution in [-0.4, -0.2) is 36.4 Å². The van der Waals surface area contributed by atoms with Crippen LogP contribution in [0.5, 0.6) is 5.75 Å². The van der Waals surface area contributed by atoms with Gasteiger partial charge in [-0.1, -0.05) is 24.3 Å². The first kappa shape index (κ1) is 17.3. The maximum atomic E-state index is 13.4. The zero-order valence-corrected chi connectivity index (χ0v) is 15.8. The average Bonchev–Trinajstić information content (AvgIpc) is 3.36. The van der Waals surface area contributed by atoms with Gasteiger partial charge in [-0.25, -0.2) is 0 Å². The fourth-order valence-corrected chi connectivity index (χ4v) is 5.31. The van der Waals surface area contributed by atoms with Crippen molar-refractivity contribution >= 4 is 23.2 Å². The molecule has 3 atom stereocenters. The monoisotopic (exact) mass is 377 g/mol. The van der Waals surface area contributed by atoms with E-state index in [1.54, 1.807) is 13.2 Å². The summed E-state index contributed by atoms with van der Waals surface area (Å²) < 4.78 is 5.26. The molecule has 2 fully saturated rings. The van der Waals surface area contributed by atoms with Crippen LogP contribution in [0.25, 0.3) is 0 Å². The van der Waals surface area contributed by atoms with Crippen molar-refractivity contribution in [2.75, 3.05) is 24.3 Å². The molecule has 2 aromatic rings. The highest BCUT2D eigenvalue weighted by atomic mass is 16.5. The second-order valence-electron chi connectivity index (χ2n) is 7.77. The van der Waals surface area contributed by atoms with Gasteiger partial charge in [-0.15, -0.1) is 0 Å². The normalized spacial score (nSPS) is 28.1. The molecule has 6 heteroatoms. The van der Waals surface area contributed by atoms with Gasteiger partial charge in [-0.3, -0.25) is 14.5 Å². The summed E-state index contributed by atoms with van der Waals surface area (Å²) in [5.74, 6) is 0.0505. The third kappa shape index (κ3) is 2.31. The van der Waals surface area contributed by atoms with Crippen LogP contribution >= 0.6 is 0 Å². The molecule has 144 valence electrons. The van der Waals surface area contributed by atoms with Crippen LogP contribution in [0.3, 0.4) is 0 Å². The van der Waals surface area contributed by atoms with E-state index in [1.807, 2.05) is 42.5 Å². The van der Waals surface area contributed by atoms with E-state index in [9.17, 15) is 9.59 Å². The van der Waals surface area contributed by atoms with Crippen molar-refractivity contribution in [1.29, 1.82) is 0 Å². The van der Waals surface area contributed by atoms with E-state index in [2.05, 4.69) is 15.5 Å². The number of fused-ring (bicyclic) bond motifs is 4. The summed E-state index contributed by atoms with van der Waals surface area (Å²) in [5, 5.41) is 6.05. The Labute approximate surface area is 163 Å². The summed E-state index contributed by atoms with van der Waals surface area (Å²) >= 11 is 0. The minimum atomic E-state index is -0.916. The smallest absolute Gasteiger partial charge is 0.250 e. The number of hydrogen-bond acceptors (Lipinski definition) is 4. The summed E-state index contributed by atoms with van der Waals surface area (Å²) in [5.41, 5.74) is 1.51. The van der Waals surface area contributed by atoms with Crippen LogP contribution in [0.4, 0.5) is 11.4 Å². The first-order valence-electron chi connectivity index (χ1n) is 9.77. The van der Waals surface area contributed by atoms with E-state index in [4.69, 9.17) is 4.74 Å². The van der Waals surface area contributed by atoms with Crippen LogP contribution in [0, 0.1) is 5.92 Å². The number of carbonyl (C=O) groups excluding carboxylic acids is 2. The van der Waals surface area contributed by atoms with Gasteiger partial charge in [0.2, 0.25) is 11.8 Å². The second-order valence-corrected chi connectivity index (χ2v) is 7.77. The van der Waals surface area contributed by atoms with E-state index in [0.717, 1.165) is 30.6 Å². The summed E-state index contributed by atoms with van der Waals surface area (Å²) in [6.07, 6.45) is 2.78. The lowest BCUT2D eigenvalue weighted by molar-refractivity contribution is -0.135. The third-order valence-electron chi connectivity index (χ3n) is 6.43. The fourth-order valence-electron chi connectivity index (χ4n) is 5.31. The number of benzene rings is 2.